The first kappa shape index (κ1) is 8.92. The molecule has 0 saturated heterocycles. The first-order valence-electron chi connectivity index (χ1n) is 0.816. The SMILES string of the molecule is C=C[CH2-].[MnH+]. The van der Waals surface area contributed by atoms with Crippen LogP contribution in [0.2, 0.25) is 0 Å². The van der Waals surface area contributed by atoms with Crippen molar-refractivity contribution in [2.45, 2.75) is 0 Å². The van der Waals surface area contributed by atoms with E-state index < -0.39 is 0 Å². The molecular formula is C3H6Mn. The van der Waals surface area contributed by atoms with E-state index in [1.165, 1.54) is 6.08 Å². The van der Waals surface area contributed by atoms with Crippen molar-refractivity contribution in [3.05, 3.63) is 19.6 Å². The molecule has 0 saturated carbocycles. The summed E-state index contributed by atoms with van der Waals surface area (Å²) in [6.45, 7) is 6.50. The van der Waals surface area contributed by atoms with Crippen LogP contribution < -0.4 is 0 Å². The summed E-state index contributed by atoms with van der Waals surface area (Å²) in [5.74, 6) is 0. The third kappa shape index (κ3) is 162. The molecule has 0 heterocycles. The zero-order chi connectivity index (χ0) is 2.71. The van der Waals surface area contributed by atoms with E-state index >= 15 is 0 Å². The summed E-state index contributed by atoms with van der Waals surface area (Å²) in [7, 11) is 0. The minimum absolute atomic E-state index is 0. The monoisotopic (exact) mass is 97.0 g/mol. The minimum atomic E-state index is 0. The summed E-state index contributed by atoms with van der Waals surface area (Å²) >= 11 is 0. The maximum atomic E-state index is 3.25. The zero-order valence-corrected chi connectivity index (χ0v) is 3.67. The van der Waals surface area contributed by atoms with Gasteiger partial charge in [0.05, 0.1) is 0 Å². The molecule has 0 aromatic heterocycles. The third-order valence-corrected chi connectivity index (χ3v) is 0. The molecule has 0 atom stereocenters. The first-order chi connectivity index (χ1) is 1.41. The second-order valence-electron chi connectivity index (χ2n) is 0.289. The van der Waals surface area contributed by atoms with Crippen LogP contribution in [0, 0.1) is 6.92 Å². The normalized spacial score (nSPS) is 3.00. The summed E-state index contributed by atoms with van der Waals surface area (Å²) in [4.78, 5) is 0. The van der Waals surface area contributed by atoms with Crippen LogP contribution in [0.25, 0.3) is 0 Å². The Morgan fingerprint density at radius 3 is 1.75 bits per heavy atom. The van der Waals surface area contributed by atoms with Gasteiger partial charge in [0.15, 0.2) is 0 Å². The summed E-state index contributed by atoms with van der Waals surface area (Å²) in [6.07, 6.45) is 1.50. The second kappa shape index (κ2) is 11.1. The van der Waals surface area contributed by atoms with Gasteiger partial charge in [-0.3, -0.25) is 0 Å². The van der Waals surface area contributed by atoms with E-state index in [0.29, 0.717) is 0 Å². The Morgan fingerprint density at radius 1 is 1.75 bits per heavy atom. The van der Waals surface area contributed by atoms with Crippen LogP contribution in [0.3, 0.4) is 0 Å². The Labute approximate surface area is 37.4 Å². The quantitative estimate of drug-likeness (QED) is 0.309. The Balaban J connectivity index is 0. The van der Waals surface area contributed by atoms with Gasteiger partial charge in [0, 0.05) is 0 Å². The predicted molar refractivity (Wildman–Crippen MR) is 16.9 cm³/mol. The van der Waals surface area contributed by atoms with Crippen LogP contribution in [-0.2, 0) is 17.1 Å². The fraction of sp³-hybridized carbons (Fsp3) is 0. The number of allylic oxidation sites excluding steroid dienone is 1. The molecule has 25 valence electrons. The average molecular weight is 97.0 g/mol. The van der Waals surface area contributed by atoms with Gasteiger partial charge >= 0.3 is 17.1 Å². The summed E-state index contributed by atoms with van der Waals surface area (Å²) in [5, 5.41) is 0. The molecule has 1 heteroatoms. The number of rotatable bonds is 0. The molecule has 0 nitrogen and oxygen atoms in total. The van der Waals surface area contributed by atoms with Crippen molar-refractivity contribution in [2.24, 2.45) is 0 Å². The van der Waals surface area contributed by atoms with Crippen molar-refractivity contribution < 1.29 is 17.1 Å². The Kier molecular flexibility index (Phi) is 24.8. The van der Waals surface area contributed by atoms with E-state index in [-0.39, 0.29) is 17.1 Å². The molecule has 0 unspecified atom stereocenters. The fourth-order valence-electron chi connectivity index (χ4n) is 0. The number of hydrogen-bond acceptors (Lipinski definition) is 0. The zero-order valence-electron chi connectivity index (χ0n) is 2.40. The van der Waals surface area contributed by atoms with Crippen molar-refractivity contribution in [3.63, 3.8) is 0 Å². The van der Waals surface area contributed by atoms with E-state index in [0.717, 1.165) is 0 Å². The van der Waals surface area contributed by atoms with E-state index in [4.69, 9.17) is 0 Å². The molecule has 0 fully saturated rings. The van der Waals surface area contributed by atoms with E-state index in [1.807, 2.05) is 0 Å². The van der Waals surface area contributed by atoms with Gasteiger partial charge in [-0.15, -0.1) is 0 Å². The summed E-state index contributed by atoms with van der Waals surface area (Å²) in [5.41, 5.74) is 0. The molecule has 4 heavy (non-hydrogen) atoms. The van der Waals surface area contributed by atoms with Crippen LogP contribution >= 0.6 is 0 Å². The predicted octanol–water partition coefficient (Wildman–Crippen LogP) is 0.736. The standard InChI is InChI=1S/C3H5.Mn.H/c1-3-2;;/h3H,1-2H2;;/q-1;+1;. The van der Waals surface area contributed by atoms with Crippen molar-refractivity contribution in [2.75, 3.05) is 0 Å². The van der Waals surface area contributed by atoms with Gasteiger partial charge in [-0.05, 0) is 0 Å². The molecule has 0 radical (unpaired) electrons. The topological polar surface area (TPSA) is 0 Å². The van der Waals surface area contributed by atoms with Gasteiger partial charge in [0.25, 0.3) is 0 Å². The van der Waals surface area contributed by atoms with Crippen molar-refractivity contribution >= 4 is 0 Å². The number of hydrogen-bond donors (Lipinski definition) is 0. The van der Waals surface area contributed by atoms with E-state index in [2.05, 4.69) is 13.5 Å². The van der Waals surface area contributed by atoms with Crippen molar-refractivity contribution in [1.82, 2.24) is 0 Å². The van der Waals surface area contributed by atoms with Crippen LogP contribution in [-0.4, -0.2) is 0 Å². The molecule has 0 bridgehead atoms. The van der Waals surface area contributed by atoms with Gasteiger partial charge in [-0.2, -0.15) is 0 Å². The van der Waals surface area contributed by atoms with Crippen LogP contribution in [0.1, 0.15) is 0 Å². The summed E-state index contributed by atoms with van der Waals surface area (Å²) in [6, 6.07) is 0. The van der Waals surface area contributed by atoms with Gasteiger partial charge in [-0.25, -0.2) is 19.6 Å². The average Bonchev–Trinajstić information content (AvgIpc) is 0.918. The molecule has 0 aromatic rings. The third-order valence-electron chi connectivity index (χ3n) is 0. The van der Waals surface area contributed by atoms with Gasteiger partial charge in [0.2, 0.25) is 0 Å². The molecule has 0 aliphatic heterocycles. The first-order valence-corrected chi connectivity index (χ1v) is 0.816. The van der Waals surface area contributed by atoms with Crippen molar-refractivity contribution in [3.8, 4) is 0 Å². The van der Waals surface area contributed by atoms with E-state index in [1.54, 1.807) is 0 Å². The second-order valence-corrected chi connectivity index (χ2v) is 0.289. The Morgan fingerprint density at radius 2 is 1.75 bits per heavy atom. The summed E-state index contributed by atoms with van der Waals surface area (Å²) < 4.78 is 0. The molecule has 0 spiro atoms. The molecule has 0 rings (SSSR count). The molecule has 0 aliphatic carbocycles. The molecule has 0 aromatic carbocycles. The molecular weight excluding hydrogens is 91.0 g/mol. The van der Waals surface area contributed by atoms with Crippen molar-refractivity contribution in [1.29, 1.82) is 0 Å². The van der Waals surface area contributed by atoms with Crippen LogP contribution in [0.4, 0.5) is 0 Å². The van der Waals surface area contributed by atoms with Crippen LogP contribution in [0.5, 0.6) is 0 Å². The molecule has 0 aliphatic rings. The maximum absolute atomic E-state index is 3.25. The van der Waals surface area contributed by atoms with Gasteiger partial charge in [-0.1, -0.05) is 0 Å². The fourth-order valence-corrected chi connectivity index (χ4v) is 0. The van der Waals surface area contributed by atoms with Crippen LogP contribution in [0.15, 0.2) is 12.7 Å². The van der Waals surface area contributed by atoms with E-state index in [9.17, 15) is 0 Å². The van der Waals surface area contributed by atoms with Gasteiger partial charge in [0.1, 0.15) is 0 Å². The molecule has 0 N–H and O–H groups in total. The Hall–Kier alpha value is 0.129. The molecule has 0 amide bonds. The van der Waals surface area contributed by atoms with Gasteiger partial charge < -0.3 is 0 Å². The Bertz CT molecular complexity index is 10.8.